The van der Waals surface area contributed by atoms with Crippen molar-refractivity contribution in [2.24, 2.45) is 0 Å². The molecule has 0 saturated heterocycles. The van der Waals surface area contributed by atoms with E-state index in [1.54, 1.807) is 6.07 Å². The zero-order chi connectivity index (χ0) is 30.1. The van der Waals surface area contributed by atoms with Gasteiger partial charge in [-0.25, -0.2) is 0 Å². The van der Waals surface area contributed by atoms with Crippen LogP contribution in [0.3, 0.4) is 0 Å². The first kappa shape index (κ1) is 31.7. The third-order valence-electron chi connectivity index (χ3n) is 7.05. The molecule has 5 rings (SSSR count). The van der Waals surface area contributed by atoms with E-state index < -0.39 is 0 Å². The Kier molecular flexibility index (Phi) is 11.5. The highest BCUT2D eigenvalue weighted by Crippen LogP contribution is 2.35. The maximum absolute atomic E-state index is 13.9. The maximum atomic E-state index is 13.9. The van der Waals surface area contributed by atoms with Gasteiger partial charge in [-0.2, -0.15) is 0 Å². The molecule has 2 aliphatic rings. The Morgan fingerprint density at radius 1 is 1.05 bits per heavy atom. The summed E-state index contributed by atoms with van der Waals surface area (Å²) in [4.78, 5) is 24.2. The molecule has 1 amide bonds. The van der Waals surface area contributed by atoms with E-state index in [2.05, 4.69) is 5.32 Å². The molecule has 1 aliphatic carbocycles. The first-order valence-electron chi connectivity index (χ1n) is 13.7. The summed E-state index contributed by atoms with van der Waals surface area (Å²) in [6, 6.07) is 19.3. The van der Waals surface area contributed by atoms with Crippen molar-refractivity contribution in [3.8, 4) is 11.5 Å². The van der Waals surface area contributed by atoms with Gasteiger partial charge < -0.3 is 24.8 Å². The molecule has 2 N–H and O–H groups in total. The lowest BCUT2D eigenvalue weighted by Gasteiger charge is -2.28. The highest BCUT2D eigenvalue weighted by atomic mass is 35.5. The van der Waals surface area contributed by atoms with Crippen LogP contribution in [0.2, 0.25) is 15.1 Å². The number of carbonyl (C=O) groups excluding carboxylic acids is 1. The zero-order valence-corrected chi connectivity index (χ0v) is 25.5. The summed E-state index contributed by atoms with van der Waals surface area (Å²) in [6.45, 7) is 4.37. The molecule has 10 heteroatoms. The molecule has 1 heterocycles. The third kappa shape index (κ3) is 8.42. The Labute approximate surface area is 261 Å². The zero-order valence-electron chi connectivity index (χ0n) is 23.2. The number of amides is 1. The smallest absolute Gasteiger partial charge is 0.290 e. The molecule has 1 aliphatic heterocycles. The van der Waals surface area contributed by atoms with Crippen LogP contribution in [0.15, 0.2) is 66.2 Å². The van der Waals surface area contributed by atoms with Crippen LogP contribution in [-0.2, 0) is 16.1 Å². The van der Waals surface area contributed by atoms with E-state index >= 15 is 0 Å². The van der Waals surface area contributed by atoms with Crippen molar-refractivity contribution in [1.82, 2.24) is 10.2 Å². The average Bonchev–Trinajstić information content (AvgIpc) is 3.83. The molecule has 3 aromatic rings. The van der Waals surface area contributed by atoms with E-state index in [4.69, 9.17) is 54.2 Å². The van der Waals surface area contributed by atoms with Crippen molar-refractivity contribution in [2.75, 3.05) is 26.3 Å². The Balaban J connectivity index is 0.00000129. The quantitative estimate of drug-likeness (QED) is 0.184. The van der Waals surface area contributed by atoms with Gasteiger partial charge in [0.1, 0.15) is 24.7 Å². The molecule has 0 aromatic heterocycles. The average molecular weight is 632 g/mol. The number of nitrogens with zero attached hydrogens (tertiary/aromatic N) is 1. The Morgan fingerprint density at radius 3 is 2.45 bits per heavy atom. The van der Waals surface area contributed by atoms with Gasteiger partial charge in [-0.15, -0.1) is 0 Å². The second kappa shape index (κ2) is 15.3. The van der Waals surface area contributed by atoms with Gasteiger partial charge in [0.2, 0.25) is 0 Å². The third-order valence-corrected chi connectivity index (χ3v) is 8.14. The number of hydrogen-bond acceptors (Lipinski definition) is 5. The van der Waals surface area contributed by atoms with Crippen LogP contribution >= 0.6 is 34.8 Å². The molecular weight excluding hydrogens is 599 g/mol. The number of benzene rings is 3. The predicted molar refractivity (Wildman–Crippen MR) is 167 cm³/mol. The standard InChI is InChI=1S/C31H31Cl3N2O3.CH2O2/c1-20-17-23(32)7-12-29(20)39-16-15-38-25-10-5-21(6-11-25)26-13-14-35-18-27(26)31(37)36(24-8-9-24)19-22-3-2-4-28(33)30(22)34;2-1-3/h2-7,10-12,17,24,35H,8-9,13-16,18-19H2,1H3;1H,(H,2,3). The van der Waals surface area contributed by atoms with E-state index in [1.807, 2.05) is 66.4 Å². The van der Waals surface area contributed by atoms with Gasteiger partial charge in [-0.05, 0) is 91.4 Å². The Morgan fingerprint density at radius 2 is 1.76 bits per heavy atom. The molecular formula is C32H33Cl3N2O5. The monoisotopic (exact) mass is 630 g/mol. The Bertz CT molecular complexity index is 1420. The van der Waals surface area contributed by atoms with Gasteiger partial charge >= 0.3 is 0 Å². The fourth-order valence-electron chi connectivity index (χ4n) is 4.83. The van der Waals surface area contributed by atoms with E-state index in [-0.39, 0.29) is 18.4 Å². The number of hydrogen-bond donors (Lipinski definition) is 2. The summed E-state index contributed by atoms with van der Waals surface area (Å²) in [7, 11) is 0. The number of aryl methyl sites for hydroxylation is 1. The minimum atomic E-state index is -0.250. The Hall–Kier alpha value is -3.23. The highest BCUT2D eigenvalue weighted by Gasteiger charge is 2.35. The van der Waals surface area contributed by atoms with Crippen LogP contribution in [0.5, 0.6) is 11.5 Å². The van der Waals surface area contributed by atoms with Crippen molar-refractivity contribution in [3.05, 3.63) is 98.0 Å². The molecule has 0 atom stereocenters. The topological polar surface area (TPSA) is 88.1 Å². The molecule has 1 saturated carbocycles. The first-order chi connectivity index (χ1) is 20.3. The maximum Gasteiger partial charge on any atom is 0.290 e. The number of rotatable bonds is 10. The predicted octanol–water partition coefficient (Wildman–Crippen LogP) is 7.05. The van der Waals surface area contributed by atoms with Gasteiger partial charge in [-0.1, -0.05) is 59.1 Å². The van der Waals surface area contributed by atoms with E-state index in [9.17, 15) is 4.79 Å². The van der Waals surface area contributed by atoms with Crippen LogP contribution in [0.1, 0.15) is 36.0 Å². The van der Waals surface area contributed by atoms with Gasteiger partial charge in [-0.3, -0.25) is 9.59 Å². The van der Waals surface area contributed by atoms with Gasteiger partial charge in [0.15, 0.2) is 0 Å². The molecule has 42 heavy (non-hydrogen) atoms. The summed E-state index contributed by atoms with van der Waals surface area (Å²) in [5, 5.41) is 12.0. The number of nitrogens with one attached hydrogen (secondary N) is 1. The molecule has 1 fully saturated rings. The van der Waals surface area contributed by atoms with Crippen LogP contribution < -0.4 is 14.8 Å². The lowest BCUT2D eigenvalue weighted by Crippen LogP contribution is -2.39. The molecule has 3 aromatic carbocycles. The van der Waals surface area contributed by atoms with Crippen molar-refractivity contribution in [1.29, 1.82) is 0 Å². The number of ether oxygens (including phenoxy) is 2. The van der Waals surface area contributed by atoms with Crippen molar-refractivity contribution in [3.63, 3.8) is 0 Å². The van der Waals surface area contributed by atoms with Gasteiger partial charge in [0.05, 0.1) is 10.0 Å². The SMILES string of the molecule is Cc1cc(Cl)ccc1OCCOc1ccc(C2=C(C(=O)N(Cc3cccc(Cl)c3Cl)C3CC3)CNCC2)cc1.O=CO. The molecule has 7 nitrogen and oxygen atoms in total. The minimum Gasteiger partial charge on any atom is -0.490 e. The van der Waals surface area contributed by atoms with Crippen molar-refractivity contribution in [2.45, 2.75) is 38.8 Å². The van der Waals surface area contributed by atoms with Gasteiger partial charge in [0, 0.05) is 29.7 Å². The summed E-state index contributed by atoms with van der Waals surface area (Å²) < 4.78 is 11.7. The van der Waals surface area contributed by atoms with E-state index in [0.717, 1.165) is 65.1 Å². The van der Waals surface area contributed by atoms with Crippen LogP contribution in [-0.4, -0.2) is 54.7 Å². The van der Waals surface area contributed by atoms with Crippen molar-refractivity contribution >= 4 is 52.8 Å². The second-order valence-corrected chi connectivity index (χ2v) is 11.2. The normalized spacial score (nSPS) is 14.5. The van der Waals surface area contributed by atoms with E-state index in [1.165, 1.54) is 0 Å². The van der Waals surface area contributed by atoms with Crippen LogP contribution in [0.4, 0.5) is 0 Å². The summed E-state index contributed by atoms with van der Waals surface area (Å²) in [5.41, 5.74) is 4.79. The summed E-state index contributed by atoms with van der Waals surface area (Å²) in [6.07, 6.45) is 2.80. The summed E-state index contributed by atoms with van der Waals surface area (Å²) >= 11 is 18.7. The number of carbonyl (C=O) groups is 2. The van der Waals surface area contributed by atoms with Crippen molar-refractivity contribution < 1.29 is 24.2 Å². The first-order valence-corrected chi connectivity index (χ1v) is 14.8. The largest absolute Gasteiger partial charge is 0.490 e. The molecule has 0 unspecified atom stereocenters. The number of halogens is 3. The lowest BCUT2D eigenvalue weighted by molar-refractivity contribution is -0.128. The minimum absolute atomic E-state index is 0.0608. The second-order valence-electron chi connectivity index (χ2n) is 10.00. The fraction of sp³-hybridized carbons (Fsp3) is 0.312. The van der Waals surface area contributed by atoms with E-state index in [0.29, 0.717) is 41.4 Å². The molecule has 222 valence electrons. The van der Waals surface area contributed by atoms with Gasteiger partial charge in [0.25, 0.3) is 12.4 Å². The molecule has 0 spiro atoms. The molecule has 0 radical (unpaired) electrons. The fourth-order valence-corrected chi connectivity index (χ4v) is 5.43. The number of carboxylic acid groups (broad SMARTS) is 1. The molecule has 0 bridgehead atoms. The summed E-state index contributed by atoms with van der Waals surface area (Å²) in [5.74, 6) is 1.62. The highest BCUT2D eigenvalue weighted by molar-refractivity contribution is 6.42. The van der Waals surface area contributed by atoms with Crippen LogP contribution in [0, 0.1) is 6.92 Å². The van der Waals surface area contributed by atoms with Crippen LogP contribution in [0.25, 0.3) is 5.57 Å². The lowest BCUT2D eigenvalue weighted by atomic mass is 9.93.